The molecule has 0 aromatic heterocycles. The second kappa shape index (κ2) is 8.15. The van der Waals surface area contributed by atoms with E-state index < -0.39 is 0 Å². The van der Waals surface area contributed by atoms with E-state index in [-0.39, 0.29) is 5.91 Å². The third-order valence-electron chi connectivity index (χ3n) is 4.44. The van der Waals surface area contributed by atoms with Gasteiger partial charge in [0.1, 0.15) is 0 Å². The summed E-state index contributed by atoms with van der Waals surface area (Å²) in [6.07, 6.45) is 8.79. The Morgan fingerprint density at radius 3 is 2.68 bits per heavy atom. The van der Waals surface area contributed by atoms with Gasteiger partial charge >= 0.3 is 0 Å². The first-order chi connectivity index (χ1) is 9.25. The molecule has 0 radical (unpaired) electrons. The smallest absolute Gasteiger partial charge is 0.230 e. The van der Waals surface area contributed by atoms with E-state index in [0.717, 1.165) is 13.1 Å². The van der Waals surface area contributed by atoms with Crippen LogP contribution >= 0.6 is 11.8 Å². The van der Waals surface area contributed by atoms with Crippen LogP contribution < -0.4 is 10.6 Å². The molecule has 0 aromatic rings. The van der Waals surface area contributed by atoms with Crippen LogP contribution in [0.4, 0.5) is 0 Å². The lowest BCUT2D eigenvalue weighted by Crippen LogP contribution is -2.40. The molecule has 1 aliphatic carbocycles. The number of thioether (sulfide) groups is 1. The van der Waals surface area contributed by atoms with Gasteiger partial charge in [-0.2, -0.15) is 0 Å². The van der Waals surface area contributed by atoms with Crippen LogP contribution in [0.1, 0.15) is 51.9 Å². The molecule has 4 heteroatoms. The van der Waals surface area contributed by atoms with Gasteiger partial charge in [0.25, 0.3) is 0 Å². The van der Waals surface area contributed by atoms with Crippen molar-refractivity contribution in [2.75, 3.05) is 18.8 Å². The Hall–Kier alpha value is -0.220. The summed E-state index contributed by atoms with van der Waals surface area (Å²) in [6.45, 7) is 4.51. The molecule has 1 amide bonds. The van der Waals surface area contributed by atoms with Gasteiger partial charge in [-0.25, -0.2) is 0 Å². The van der Waals surface area contributed by atoms with Gasteiger partial charge in [0, 0.05) is 11.3 Å². The second-order valence-corrected chi connectivity index (χ2v) is 7.34. The predicted octanol–water partition coefficient (Wildman–Crippen LogP) is 2.56. The fraction of sp³-hybridized carbons (Fsp3) is 0.933. The SMILES string of the molecule is CC1CCCCCC1NC(=O)CSC1CCNCC1. The number of rotatable bonds is 4. The van der Waals surface area contributed by atoms with Crippen molar-refractivity contribution in [1.82, 2.24) is 10.6 Å². The van der Waals surface area contributed by atoms with Gasteiger partial charge in [-0.05, 0) is 44.7 Å². The van der Waals surface area contributed by atoms with Crippen LogP contribution in [-0.2, 0) is 4.79 Å². The molecule has 1 saturated heterocycles. The second-order valence-electron chi connectivity index (χ2n) is 6.05. The normalized spacial score (nSPS) is 29.7. The molecule has 2 rings (SSSR count). The average molecular weight is 284 g/mol. The summed E-state index contributed by atoms with van der Waals surface area (Å²) in [7, 11) is 0. The quantitative estimate of drug-likeness (QED) is 0.780. The summed E-state index contributed by atoms with van der Waals surface area (Å²) in [4.78, 5) is 12.1. The fourth-order valence-corrected chi connectivity index (χ4v) is 4.15. The van der Waals surface area contributed by atoms with E-state index >= 15 is 0 Å². The molecule has 1 aliphatic heterocycles. The Morgan fingerprint density at radius 1 is 1.16 bits per heavy atom. The van der Waals surface area contributed by atoms with Gasteiger partial charge in [-0.1, -0.05) is 26.2 Å². The van der Waals surface area contributed by atoms with Gasteiger partial charge in [-0.15, -0.1) is 11.8 Å². The highest BCUT2D eigenvalue weighted by Crippen LogP contribution is 2.24. The maximum absolute atomic E-state index is 12.1. The Kier molecular flexibility index (Phi) is 6.51. The first-order valence-electron chi connectivity index (χ1n) is 7.87. The van der Waals surface area contributed by atoms with E-state index in [1.54, 1.807) is 0 Å². The highest BCUT2D eigenvalue weighted by Gasteiger charge is 2.22. The number of nitrogens with one attached hydrogen (secondary N) is 2. The van der Waals surface area contributed by atoms with E-state index in [4.69, 9.17) is 0 Å². The molecule has 1 saturated carbocycles. The van der Waals surface area contributed by atoms with Crippen molar-refractivity contribution in [1.29, 1.82) is 0 Å². The number of hydrogen-bond acceptors (Lipinski definition) is 3. The first-order valence-corrected chi connectivity index (χ1v) is 8.92. The van der Waals surface area contributed by atoms with Gasteiger partial charge in [0.05, 0.1) is 5.75 Å². The number of hydrogen-bond donors (Lipinski definition) is 2. The summed E-state index contributed by atoms with van der Waals surface area (Å²) in [6, 6.07) is 0.420. The number of carbonyl (C=O) groups excluding carboxylic acids is 1. The molecule has 2 aliphatic rings. The van der Waals surface area contributed by atoms with E-state index in [2.05, 4.69) is 17.6 Å². The maximum Gasteiger partial charge on any atom is 0.230 e. The summed E-state index contributed by atoms with van der Waals surface area (Å²) in [5, 5.41) is 7.32. The summed E-state index contributed by atoms with van der Waals surface area (Å²) in [5.41, 5.74) is 0. The van der Waals surface area contributed by atoms with Gasteiger partial charge in [0.2, 0.25) is 5.91 Å². The summed E-state index contributed by atoms with van der Waals surface area (Å²) < 4.78 is 0. The minimum absolute atomic E-state index is 0.252. The average Bonchev–Trinajstić information content (AvgIpc) is 2.63. The minimum Gasteiger partial charge on any atom is -0.352 e. The van der Waals surface area contributed by atoms with Crippen LogP contribution in [0.3, 0.4) is 0 Å². The van der Waals surface area contributed by atoms with Crippen LogP contribution in [0.25, 0.3) is 0 Å². The molecule has 19 heavy (non-hydrogen) atoms. The van der Waals surface area contributed by atoms with Crippen LogP contribution in [0, 0.1) is 5.92 Å². The largest absolute Gasteiger partial charge is 0.352 e. The first kappa shape index (κ1) is 15.2. The molecule has 0 aromatic carbocycles. The minimum atomic E-state index is 0.252. The van der Waals surface area contributed by atoms with E-state index in [0.29, 0.717) is 23.0 Å². The van der Waals surface area contributed by atoms with Crippen molar-refractivity contribution >= 4 is 17.7 Å². The van der Waals surface area contributed by atoms with Crippen LogP contribution in [0.15, 0.2) is 0 Å². The molecule has 110 valence electrons. The number of piperidine rings is 1. The molecular formula is C15H28N2OS. The maximum atomic E-state index is 12.1. The molecule has 2 atom stereocenters. The van der Waals surface area contributed by atoms with Crippen molar-refractivity contribution in [3.05, 3.63) is 0 Å². The molecule has 2 fully saturated rings. The monoisotopic (exact) mass is 284 g/mol. The van der Waals surface area contributed by atoms with Crippen molar-refractivity contribution in [3.8, 4) is 0 Å². The fourth-order valence-electron chi connectivity index (χ4n) is 3.11. The van der Waals surface area contributed by atoms with Gasteiger partial charge < -0.3 is 10.6 Å². The lowest BCUT2D eigenvalue weighted by atomic mass is 9.97. The lowest BCUT2D eigenvalue weighted by Gasteiger charge is -2.24. The van der Waals surface area contributed by atoms with Crippen LogP contribution in [0.2, 0.25) is 0 Å². The van der Waals surface area contributed by atoms with Crippen LogP contribution in [-0.4, -0.2) is 36.0 Å². The van der Waals surface area contributed by atoms with Crippen LogP contribution in [0.5, 0.6) is 0 Å². The standard InChI is InChI=1S/C15H28N2OS/c1-12-5-3-2-4-6-14(12)17-15(18)11-19-13-7-9-16-10-8-13/h12-14,16H,2-11H2,1H3,(H,17,18). The zero-order valence-electron chi connectivity index (χ0n) is 12.1. The molecule has 0 spiro atoms. The van der Waals surface area contributed by atoms with Crippen molar-refractivity contribution in [2.45, 2.75) is 63.2 Å². The lowest BCUT2D eigenvalue weighted by molar-refractivity contribution is -0.119. The topological polar surface area (TPSA) is 41.1 Å². The highest BCUT2D eigenvalue weighted by atomic mass is 32.2. The summed E-state index contributed by atoms with van der Waals surface area (Å²) >= 11 is 1.85. The zero-order valence-corrected chi connectivity index (χ0v) is 12.9. The predicted molar refractivity (Wildman–Crippen MR) is 82.5 cm³/mol. The molecule has 2 N–H and O–H groups in total. The highest BCUT2D eigenvalue weighted by molar-refractivity contribution is 8.00. The Bertz CT molecular complexity index is 279. The Morgan fingerprint density at radius 2 is 1.89 bits per heavy atom. The molecule has 2 unspecified atom stereocenters. The molecule has 1 heterocycles. The zero-order chi connectivity index (χ0) is 13.5. The van der Waals surface area contributed by atoms with Gasteiger partial charge in [0.15, 0.2) is 0 Å². The van der Waals surface area contributed by atoms with Crippen molar-refractivity contribution < 1.29 is 4.79 Å². The van der Waals surface area contributed by atoms with E-state index in [1.165, 1.54) is 44.9 Å². The molecule has 0 bridgehead atoms. The Labute approximate surface area is 121 Å². The molecular weight excluding hydrogens is 256 g/mol. The van der Waals surface area contributed by atoms with E-state index in [1.807, 2.05) is 11.8 Å². The molecule has 3 nitrogen and oxygen atoms in total. The summed E-state index contributed by atoms with van der Waals surface area (Å²) in [5.74, 6) is 1.55. The number of amides is 1. The number of carbonyl (C=O) groups is 1. The third-order valence-corrected chi connectivity index (χ3v) is 5.82. The van der Waals surface area contributed by atoms with Gasteiger partial charge in [-0.3, -0.25) is 4.79 Å². The Balaban J connectivity index is 1.67. The third kappa shape index (κ3) is 5.35. The van der Waals surface area contributed by atoms with E-state index in [9.17, 15) is 4.79 Å². The van der Waals surface area contributed by atoms with Crippen molar-refractivity contribution in [3.63, 3.8) is 0 Å². The van der Waals surface area contributed by atoms with Crippen molar-refractivity contribution in [2.24, 2.45) is 5.92 Å².